The van der Waals surface area contributed by atoms with Crippen molar-refractivity contribution in [1.29, 1.82) is 0 Å². The van der Waals surface area contributed by atoms with E-state index in [1.165, 1.54) is 0 Å². The van der Waals surface area contributed by atoms with Crippen LogP contribution in [0.1, 0.15) is 27.7 Å². The topological polar surface area (TPSA) is 49.7 Å². The smallest absolute Gasteiger partial charge is 0.188 e. The Bertz CT molecular complexity index is 338. The Labute approximate surface area is 101 Å². The van der Waals surface area contributed by atoms with Gasteiger partial charge in [-0.15, -0.1) is 0 Å². The van der Waals surface area contributed by atoms with Crippen molar-refractivity contribution in [1.82, 2.24) is 0 Å². The molecule has 0 aliphatic heterocycles. The number of hydrogen-bond donors (Lipinski definition) is 2. The summed E-state index contributed by atoms with van der Waals surface area (Å²) in [5, 5.41) is 19.0. The van der Waals surface area contributed by atoms with Gasteiger partial charge in [-0.1, -0.05) is 0 Å². The summed E-state index contributed by atoms with van der Waals surface area (Å²) in [6.45, 7) is 7.14. The van der Waals surface area contributed by atoms with Crippen molar-refractivity contribution in [3.8, 4) is 5.75 Å². The zero-order valence-corrected chi connectivity index (χ0v) is 11.0. The van der Waals surface area contributed by atoms with Crippen molar-refractivity contribution in [3.05, 3.63) is 24.3 Å². The molecule has 0 amide bonds. The van der Waals surface area contributed by atoms with Gasteiger partial charge in [0.05, 0.1) is 5.60 Å². The first kappa shape index (κ1) is 13.4. The Balaban J connectivity index is 2.61. The molecule has 0 spiro atoms. The predicted octanol–water partition coefficient (Wildman–Crippen LogP) is 2.05. The minimum absolute atomic E-state index is 0.237. The average molecular weight is 243 g/mol. The van der Waals surface area contributed by atoms with Crippen LogP contribution in [0.2, 0.25) is 0 Å². The molecule has 0 saturated heterocycles. The first-order valence-corrected chi connectivity index (χ1v) is 5.94. The molecule has 0 saturated carbocycles. The van der Waals surface area contributed by atoms with E-state index >= 15 is 0 Å². The lowest BCUT2D eigenvalue weighted by Gasteiger charge is -2.32. The Hall–Kier alpha value is -0.710. The van der Waals surface area contributed by atoms with Crippen LogP contribution in [0.3, 0.4) is 0 Å². The number of rotatable bonds is 4. The molecule has 16 heavy (non-hydrogen) atoms. The summed E-state index contributed by atoms with van der Waals surface area (Å²) < 4.78 is 5.66. The highest BCUT2D eigenvalue weighted by Crippen LogP contribution is 2.26. The fourth-order valence-electron chi connectivity index (χ4n) is 0.792. The molecule has 0 heterocycles. The van der Waals surface area contributed by atoms with Crippen LogP contribution < -0.4 is 0 Å². The molecule has 3 nitrogen and oxygen atoms in total. The molecule has 0 aromatic heterocycles. The Kier molecular flexibility index (Phi) is 3.88. The van der Waals surface area contributed by atoms with Crippen molar-refractivity contribution < 1.29 is 14.4 Å². The number of phenolic OH excluding ortho intramolecular Hbond substituents is 1. The zero-order valence-electron chi connectivity index (χ0n) is 10.1. The number of thiol groups is 1. The number of aromatic hydroxyl groups is 1. The van der Waals surface area contributed by atoms with E-state index in [0.717, 1.165) is 4.90 Å². The van der Waals surface area contributed by atoms with Crippen LogP contribution in [0.4, 0.5) is 0 Å². The van der Waals surface area contributed by atoms with Crippen LogP contribution in [0.15, 0.2) is 29.2 Å². The molecule has 0 aliphatic rings. The van der Waals surface area contributed by atoms with Gasteiger partial charge in [-0.3, -0.25) is 0 Å². The van der Waals surface area contributed by atoms with E-state index in [0.29, 0.717) is 12.0 Å². The molecule has 0 fully saturated rings. The first-order valence-electron chi connectivity index (χ1n) is 5.13. The molecular formula is C12H19O3S+. The zero-order chi connectivity index (χ0) is 12.4. The van der Waals surface area contributed by atoms with E-state index in [1.807, 2.05) is 13.8 Å². The molecule has 1 aromatic rings. The summed E-state index contributed by atoms with van der Waals surface area (Å²) in [5.41, 5.74) is -1.54. The predicted molar refractivity (Wildman–Crippen MR) is 66.6 cm³/mol. The van der Waals surface area contributed by atoms with Gasteiger partial charge in [0.2, 0.25) is 0 Å². The number of phenols is 1. The number of benzene rings is 1. The van der Waals surface area contributed by atoms with Crippen molar-refractivity contribution in [2.45, 2.75) is 43.8 Å². The molecule has 0 unspecified atom stereocenters. The van der Waals surface area contributed by atoms with E-state index in [9.17, 15) is 5.11 Å². The number of aliphatic hydroxyl groups is 1. The van der Waals surface area contributed by atoms with Crippen molar-refractivity contribution in [2.24, 2.45) is 0 Å². The van der Waals surface area contributed by atoms with Crippen LogP contribution in [0.5, 0.6) is 5.75 Å². The SMILES string of the molecule is CC(C)(O)C(C)(C)O[SH+]c1ccc(O)cc1. The standard InChI is InChI=1S/C12H18O3S/c1-11(2,14)12(3,4)15-16-10-7-5-9(13)6-8-10/h5-8,13-14H,1-4H3/p+1. The lowest BCUT2D eigenvalue weighted by Crippen LogP contribution is -2.46. The van der Waals surface area contributed by atoms with E-state index in [4.69, 9.17) is 9.29 Å². The molecular weight excluding hydrogens is 224 g/mol. The average Bonchev–Trinajstić information content (AvgIpc) is 2.15. The van der Waals surface area contributed by atoms with Crippen LogP contribution in [0.25, 0.3) is 0 Å². The molecule has 4 heteroatoms. The summed E-state index contributed by atoms with van der Waals surface area (Å²) >= 11 is 0.673. The van der Waals surface area contributed by atoms with Gasteiger partial charge in [0.25, 0.3) is 0 Å². The van der Waals surface area contributed by atoms with Gasteiger partial charge in [0.1, 0.15) is 11.4 Å². The molecule has 0 aliphatic carbocycles. The largest absolute Gasteiger partial charge is 0.508 e. The highest BCUT2D eigenvalue weighted by atomic mass is 32.2. The first-order chi connectivity index (χ1) is 7.22. The summed E-state index contributed by atoms with van der Waals surface area (Å²) in [6, 6.07) is 6.81. The molecule has 0 radical (unpaired) electrons. The van der Waals surface area contributed by atoms with Gasteiger partial charge >= 0.3 is 0 Å². The van der Waals surface area contributed by atoms with Gasteiger partial charge in [-0.05, 0) is 52.0 Å². The summed E-state index contributed by atoms with van der Waals surface area (Å²) in [7, 11) is 0. The van der Waals surface area contributed by atoms with Gasteiger partial charge in [0.15, 0.2) is 16.9 Å². The van der Waals surface area contributed by atoms with Gasteiger partial charge in [-0.25, -0.2) is 0 Å². The van der Waals surface area contributed by atoms with Crippen LogP contribution in [-0.4, -0.2) is 21.4 Å². The third-order valence-corrected chi connectivity index (χ3v) is 3.76. The normalized spacial score (nSPS) is 12.8. The second kappa shape index (κ2) is 4.65. The maximum atomic E-state index is 9.90. The fourth-order valence-corrected chi connectivity index (χ4v) is 1.62. The van der Waals surface area contributed by atoms with Crippen LogP contribution in [-0.2, 0) is 16.2 Å². The van der Waals surface area contributed by atoms with Crippen molar-refractivity contribution in [3.63, 3.8) is 0 Å². The molecule has 0 bridgehead atoms. The quantitative estimate of drug-likeness (QED) is 0.628. The summed E-state index contributed by atoms with van der Waals surface area (Å²) in [6.07, 6.45) is 0. The third-order valence-electron chi connectivity index (χ3n) is 2.70. The van der Waals surface area contributed by atoms with Gasteiger partial charge in [0, 0.05) is 0 Å². The monoisotopic (exact) mass is 243 g/mol. The summed E-state index contributed by atoms with van der Waals surface area (Å²) in [4.78, 5) is 0.940. The van der Waals surface area contributed by atoms with Crippen LogP contribution >= 0.6 is 0 Å². The molecule has 1 rings (SSSR count). The van der Waals surface area contributed by atoms with E-state index in [-0.39, 0.29) is 5.75 Å². The maximum absolute atomic E-state index is 9.90. The second-order valence-corrected chi connectivity index (χ2v) is 5.65. The Morgan fingerprint density at radius 2 is 1.56 bits per heavy atom. The van der Waals surface area contributed by atoms with Gasteiger partial charge < -0.3 is 10.2 Å². The molecule has 0 atom stereocenters. The van der Waals surface area contributed by atoms with Crippen LogP contribution in [0, 0.1) is 0 Å². The lowest BCUT2D eigenvalue weighted by atomic mass is 9.90. The molecule has 1 aromatic carbocycles. The second-order valence-electron chi connectivity index (χ2n) is 4.77. The highest BCUT2D eigenvalue weighted by molar-refractivity contribution is 7.73. The highest BCUT2D eigenvalue weighted by Gasteiger charge is 2.40. The Morgan fingerprint density at radius 1 is 1.06 bits per heavy atom. The minimum atomic E-state index is -0.906. The maximum Gasteiger partial charge on any atom is 0.188 e. The minimum Gasteiger partial charge on any atom is -0.508 e. The number of hydrogen-bond acceptors (Lipinski definition) is 3. The molecule has 90 valence electrons. The lowest BCUT2D eigenvalue weighted by molar-refractivity contribution is -0.0821. The Morgan fingerprint density at radius 3 is 2.00 bits per heavy atom. The molecule has 2 N–H and O–H groups in total. The third kappa shape index (κ3) is 3.40. The summed E-state index contributed by atoms with van der Waals surface area (Å²) in [5.74, 6) is 0.237. The van der Waals surface area contributed by atoms with Crippen molar-refractivity contribution >= 4 is 12.0 Å². The fraction of sp³-hybridized carbons (Fsp3) is 0.500. The van der Waals surface area contributed by atoms with Crippen molar-refractivity contribution in [2.75, 3.05) is 0 Å². The van der Waals surface area contributed by atoms with E-state index < -0.39 is 11.2 Å². The van der Waals surface area contributed by atoms with E-state index in [1.54, 1.807) is 38.1 Å². The van der Waals surface area contributed by atoms with Gasteiger partial charge in [-0.2, -0.15) is 4.18 Å². The van der Waals surface area contributed by atoms with E-state index in [2.05, 4.69) is 0 Å².